The van der Waals surface area contributed by atoms with Crippen molar-refractivity contribution in [1.82, 2.24) is 4.90 Å². The smallest absolute Gasteiger partial charge is 0.198 e. The van der Waals surface area contributed by atoms with Crippen molar-refractivity contribution in [3.63, 3.8) is 0 Å². The lowest BCUT2D eigenvalue weighted by Crippen LogP contribution is -2.26. The Labute approximate surface area is 208 Å². The Morgan fingerprint density at radius 3 is 1.94 bits per heavy atom. The van der Waals surface area contributed by atoms with E-state index in [0.717, 1.165) is 35.1 Å². The highest BCUT2D eigenvalue weighted by atomic mass is 33.1. The van der Waals surface area contributed by atoms with Crippen molar-refractivity contribution in [2.24, 2.45) is 0 Å². The molecule has 0 amide bonds. The van der Waals surface area contributed by atoms with Gasteiger partial charge in [-0.2, -0.15) is 0 Å². The second kappa shape index (κ2) is 12.8. The molecule has 180 valence electrons. The van der Waals surface area contributed by atoms with Gasteiger partial charge in [-0.25, -0.2) is 8.42 Å². The fraction of sp³-hybridized carbons (Fsp3) is 0.286. The van der Waals surface area contributed by atoms with Gasteiger partial charge in [0.05, 0.1) is 0 Å². The first kappa shape index (κ1) is 26.1. The molecular weight excluding hydrogens is 462 g/mol. The molecule has 3 rings (SSSR count). The topological polar surface area (TPSA) is 46.6 Å². The van der Waals surface area contributed by atoms with Crippen molar-refractivity contribution in [3.8, 4) is 5.75 Å². The molecule has 0 spiro atoms. The fourth-order valence-corrected chi connectivity index (χ4v) is 5.60. The Morgan fingerprint density at radius 1 is 0.824 bits per heavy atom. The number of hydrogen-bond acceptors (Lipinski definition) is 5. The highest BCUT2D eigenvalue weighted by Gasteiger charge is 2.13. The van der Waals surface area contributed by atoms with E-state index < -0.39 is 8.87 Å². The van der Waals surface area contributed by atoms with Gasteiger partial charge in [0.1, 0.15) is 12.4 Å². The molecule has 6 heteroatoms. The van der Waals surface area contributed by atoms with E-state index in [2.05, 4.69) is 72.5 Å². The molecule has 3 aromatic rings. The zero-order chi connectivity index (χ0) is 24.4. The molecule has 0 fully saturated rings. The molecule has 34 heavy (non-hydrogen) atoms. The van der Waals surface area contributed by atoms with Crippen molar-refractivity contribution in [2.45, 2.75) is 13.3 Å². The summed E-state index contributed by atoms with van der Waals surface area (Å²) >= 11 is 0. The third kappa shape index (κ3) is 8.05. The highest BCUT2D eigenvalue weighted by molar-refractivity contribution is 8.71. The first-order chi connectivity index (χ1) is 16.4. The van der Waals surface area contributed by atoms with Gasteiger partial charge >= 0.3 is 0 Å². The average molecular weight is 496 g/mol. The van der Waals surface area contributed by atoms with Crippen molar-refractivity contribution in [3.05, 3.63) is 102 Å². The number of rotatable bonds is 12. The number of nitrogens with zero attached hydrogens (tertiary/aromatic N) is 1. The van der Waals surface area contributed by atoms with E-state index in [1.807, 2.05) is 31.3 Å². The summed E-state index contributed by atoms with van der Waals surface area (Å²) in [5.74, 6) is 1.38. The van der Waals surface area contributed by atoms with Crippen LogP contribution in [-0.2, 0) is 8.87 Å². The maximum absolute atomic E-state index is 11.2. The Hall–Kier alpha value is -2.54. The van der Waals surface area contributed by atoms with Crippen LogP contribution in [0.3, 0.4) is 0 Å². The lowest BCUT2D eigenvalue weighted by atomic mass is 9.88. The fourth-order valence-electron chi connectivity index (χ4n) is 3.78. The third-order valence-electron chi connectivity index (χ3n) is 5.50. The predicted octanol–water partition coefficient (Wildman–Crippen LogP) is 6.06. The monoisotopic (exact) mass is 495 g/mol. The van der Waals surface area contributed by atoms with Crippen LogP contribution < -0.4 is 4.74 Å². The summed E-state index contributed by atoms with van der Waals surface area (Å²) in [5.41, 5.74) is 6.15. The molecular formula is C28H33NO3S2. The minimum atomic E-state index is -2.99. The molecule has 0 aliphatic heterocycles. The zero-order valence-corrected chi connectivity index (χ0v) is 21.7. The van der Waals surface area contributed by atoms with E-state index >= 15 is 0 Å². The van der Waals surface area contributed by atoms with Crippen molar-refractivity contribution < 1.29 is 13.2 Å². The second-order valence-electron chi connectivity index (χ2n) is 8.14. The Bertz CT molecular complexity index is 1160. The van der Waals surface area contributed by atoms with Crippen LogP contribution in [0, 0.1) is 0 Å². The molecule has 0 unspecified atom stereocenters. The molecule has 3 aromatic carbocycles. The van der Waals surface area contributed by atoms with Gasteiger partial charge in [0.2, 0.25) is 0 Å². The van der Waals surface area contributed by atoms with Crippen molar-refractivity contribution >= 4 is 30.8 Å². The quantitative estimate of drug-likeness (QED) is 0.226. The number of benzene rings is 3. The van der Waals surface area contributed by atoms with Crippen LogP contribution in [0.2, 0.25) is 0 Å². The molecule has 0 saturated carbocycles. The number of allylic oxidation sites excluding steroid dienone is 1. The number of ether oxygens (including phenoxy) is 1. The van der Waals surface area contributed by atoms with Crippen LogP contribution in [0.4, 0.5) is 0 Å². The summed E-state index contributed by atoms with van der Waals surface area (Å²) in [6.45, 7) is 4.18. The zero-order valence-electron chi connectivity index (χ0n) is 20.1. The summed E-state index contributed by atoms with van der Waals surface area (Å²) < 4.78 is 28.4. The van der Waals surface area contributed by atoms with Gasteiger partial charge in [-0.15, -0.1) is 0 Å². The summed E-state index contributed by atoms with van der Waals surface area (Å²) in [5, 5.41) is 0. The molecule has 4 nitrogen and oxygen atoms in total. The standard InChI is InChI=1S/C28H33NO3S2/c1-4-27(23-11-7-5-8-12-23)28(24-13-9-6-10-14-24)25-15-17-26(18-16-25)32-21-19-29(2)20-22-33-34(3,30)31/h5-18H,4,19-22H2,1-3H3/b28-27-. The van der Waals surface area contributed by atoms with Crippen LogP contribution in [0.5, 0.6) is 5.75 Å². The normalized spacial score (nSPS) is 12.5. The van der Waals surface area contributed by atoms with Gasteiger partial charge in [0.15, 0.2) is 8.87 Å². The molecule has 0 aromatic heterocycles. The van der Waals surface area contributed by atoms with Crippen LogP contribution in [0.15, 0.2) is 84.9 Å². The molecule has 0 aliphatic rings. The summed E-state index contributed by atoms with van der Waals surface area (Å²) in [6.07, 6.45) is 2.17. The van der Waals surface area contributed by atoms with Gasteiger partial charge in [-0.05, 0) is 64.2 Å². The molecule has 0 heterocycles. The first-order valence-corrected chi connectivity index (χ1v) is 14.9. The molecule has 0 aliphatic carbocycles. The molecule has 0 saturated heterocycles. The molecule has 0 atom stereocenters. The predicted molar refractivity (Wildman–Crippen MR) is 146 cm³/mol. The molecule has 0 bridgehead atoms. The largest absolute Gasteiger partial charge is 0.492 e. The summed E-state index contributed by atoms with van der Waals surface area (Å²) in [4.78, 5) is 2.08. The SMILES string of the molecule is CC/C(=C(\c1ccccc1)c1ccc(OCCN(C)CCSS(C)(=O)=O)cc1)c1ccccc1. The number of likely N-dealkylation sites (N-methyl/N-ethyl adjacent to an activating group) is 1. The average Bonchev–Trinajstić information content (AvgIpc) is 2.83. The minimum Gasteiger partial charge on any atom is -0.492 e. The third-order valence-corrected chi connectivity index (χ3v) is 8.06. The van der Waals surface area contributed by atoms with Gasteiger partial charge in [0, 0.05) is 25.1 Å². The van der Waals surface area contributed by atoms with Crippen molar-refractivity contribution in [2.75, 3.05) is 38.8 Å². The van der Waals surface area contributed by atoms with E-state index in [-0.39, 0.29) is 0 Å². The van der Waals surface area contributed by atoms with E-state index in [4.69, 9.17) is 4.74 Å². The van der Waals surface area contributed by atoms with E-state index in [1.165, 1.54) is 28.5 Å². The Kier molecular flexibility index (Phi) is 9.81. The lowest BCUT2D eigenvalue weighted by molar-refractivity contribution is 0.245. The van der Waals surface area contributed by atoms with E-state index in [0.29, 0.717) is 18.9 Å². The number of hydrogen-bond donors (Lipinski definition) is 0. The summed E-state index contributed by atoms with van der Waals surface area (Å²) in [7, 11) is -0.0293. The van der Waals surface area contributed by atoms with Crippen LogP contribution in [0.25, 0.3) is 11.1 Å². The van der Waals surface area contributed by atoms with Crippen LogP contribution in [-0.4, -0.2) is 52.1 Å². The maximum Gasteiger partial charge on any atom is 0.198 e. The maximum atomic E-state index is 11.2. The molecule has 0 radical (unpaired) electrons. The Balaban J connectivity index is 1.72. The highest BCUT2D eigenvalue weighted by Crippen LogP contribution is 2.34. The van der Waals surface area contributed by atoms with E-state index in [1.54, 1.807) is 0 Å². The van der Waals surface area contributed by atoms with Gasteiger partial charge < -0.3 is 9.64 Å². The first-order valence-electron chi connectivity index (χ1n) is 11.5. The summed E-state index contributed by atoms with van der Waals surface area (Å²) in [6, 6.07) is 29.4. The van der Waals surface area contributed by atoms with Crippen LogP contribution in [0.1, 0.15) is 30.0 Å². The van der Waals surface area contributed by atoms with Gasteiger partial charge in [-0.1, -0.05) is 79.7 Å². The van der Waals surface area contributed by atoms with Crippen LogP contribution >= 0.6 is 10.8 Å². The van der Waals surface area contributed by atoms with Gasteiger partial charge in [-0.3, -0.25) is 0 Å². The van der Waals surface area contributed by atoms with Gasteiger partial charge in [0.25, 0.3) is 0 Å². The second-order valence-corrected chi connectivity index (χ2v) is 12.7. The molecule has 0 N–H and O–H groups in total. The Morgan fingerprint density at radius 2 is 1.38 bits per heavy atom. The van der Waals surface area contributed by atoms with E-state index in [9.17, 15) is 8.42 Å². The van der Waals surface area contributed by atoms with Crippen molar-refractivity contribution in [1.29, 1.82) is 0 Å². The lowest BCUT2D eigenvalue weighted by Gasteiger charge is -2.18. The minimum absolute atomic E-state index is 0.547.